The van der Waals surface area contributed by atoms with Gasteiger partial charge < -0.3 is 9.64 Å². The van der Waals surface area contributed by atoms with Crippen molar-refractivity contribution in [1.82, 2.24) is 9.80 Å². The van der Waals surface area contributed by atoms with Crippen molar-refractivity contribution in [3.63, 3.8) is 0 Å². The summed E-state index contributed by atoms with van der Waals surface area (Å²) in [5.41, 5.74) is 0.905. The van der Waals surface area contributed by atoms with Gasteiger partial charge in [-0.3, -0.25) is 9.69 Å². The van der Waals surface area contributed by atoms with Gasteiger partial charge in [-0.05, 0) is 31.0 Å². The molecule has 1 saturated heterocycles. The van der Waals surface area contributed by atoms with Crippen LogP contribution in [0.4, 0.5) is 0 Å². The van der Waals surface area contributed by atoms with Crippen molar-refractivity contribution in [1.29, 1.82) is 0 Å². The Morgan fingerprint density at radius 3 is 2.00 bits per heavy atom. The highest BCUT2D eigenvalue weighted by Crippen LogP contribution is 2.37. The monoisotopic (exact) mass is 394 g/mol. The molecule has 0 N–H and O–H groups in total. The van der Waals surface area contributed by atoms with Gasteiger partial charge in [-0.15, -0.1) is 0 Å². The highest BCUT2D eigenvalue weighted by Gasteiger charge is 2.66. The van der Waals surface area contributed by atoms with E-state index in [1.807, 2.05) is 65.6 Å². The van der Waals surface area contributed by atoms with Crippen LogP contribution in [0.2, 0.25) is 0 Å². The molecule has 0 radical (unpaired) electrons. The first-order valence-corrected chi connectivity index (χ1v) is 10.4. The number of benzene rings is 2. The summed E-state index contributed by atoms with van der Waals surface area (Å²) in [4.78, 5) is 30.3. The zero-order chi connectivity index (χ0) is 20.7. The second kappa shape index (κ2) is 9.70. The summed E-state index contributed by atoms with van der Waals surface area (Å²) in [6, 6.07) is 19.8. The fraction of sp³-hybridized carbons (Fsp3) is 0.417. The molecule has 1 amide bonds. The molecule has 1 fully saturated rings. The van der Waals surface area contributed by atoms with Crippen molar-refractivity contribution in [3.05, 3.63) is 71.8 Å². The van der Waals surface area contributed by atoms with E-state index in [2.05, 4.69) is 6.92 Å². The predicted octanol–water partition coefficient (Wildman–Crippen LogP) is 3.63. The topological polar surface area (TPSA) is 49.6 Å². The first kappa shape index (κ1) is 21.1. The minimum absolute atomic E-state index is 0.167. The SMILES string of the molecule is CCCCN1CC1(C(=O)OCC)C(=O)N(Cc1ccccc1)Cc1ccccc1. The molecule has 0 spiro atoms. The average molecular weight is 395 g/mol. The fourth-order valence-electron chi connectivity index (χ4n) is 3.66. The normalized spacial score (nSPS) is 20.1. The second-order valence-corrected chi connectivity index (χ2v) is 7.49. The number of amides is 1. The van der Waals surface area contributed by atoms with Crippen LogP contribution in [-0.4, -0.2) is 46.9 Å². The van der Waals surface area contributed by atoms with Crippen LogP contribution in [0.15, 0.2) is 60.7 Å². The largest absolute Gasteiger partial charge is 0.464 e. The average Bonchev–Trinajstić information content (AvgIpc) is 3.48. The van der Waals surface area contributed by atoms with Crippen LogP contribution in [0, 0.1) is 0 Å². The van der Waals surface area contributed by atoms with Gasteiger partial charge in [-0.2, -0.15) is 0 Å². The lowest BCUT2D eigenvalue weighted by molar-refractivity contribution is -0.155. The molecule has 2 aromatic carbocycles. The summed E-state index contributed by atoms with van der Waals surface area (Å²) >= 11 is 0. The minimum Gasteiger partial charge on any atom is -0.464 e. The third-order valence-electron chi connectivity index (χ3n) is 5.32. The number of rotatable bonds is 10. The van der Waals surface area contributed by atoms with E-state index in [-0.39, 0.29) is 12.5 Å². The van der Waals surface area contributed by atoms with Crippen LogP contribution in [0.1, 0.15) is 37.8 Å². The highest BCUT2D eigenvalue weighted by molar-refractivity contribution is 6.11. The summed E-state index contributed by atoms with van der Waals surface area (Å²) in [5, 5.41) is 0. The molecule has 154 valence electrons. The fourth-order valence-corrected chi connectivity index (χ4v) is 3.66. The molecule has 0 saturated carbocycles. The van der Waals surface area contributed by atoms with E-state index < -0.39 is 11.5 Å². The molecule has 0 bridgehead atoms. The predicted molar refractivity (Wildman–Crippen MR) is 113 cm³/mol. The molecule has 5 nitrogen and oxygen atoms in total. The lowest BCUT2D eigenvalue weighted by Gasteiger charge is -2.27. The van der Waals surface area contributed by atoms with Crippen LogP contribution in [0.25, 0.3) is 0 Å². The minimum atomic E-state index is -1.17. The van der Waals surface area contributed by atoms with E-state index in [0.717, 1.165) is 30.5 Å². The molecule has 0 aromatic heterocycles. The number of carbonyl (C=O) groups excluding carboxylic acids is 2. The third kappa shape index (κ3) is 4.85. The zero-order valence-electron chi connectivity index (χ0n) is 17.3. The quantitative estimate of drug-likeness (QED) is 0.351. The Hall–Kier alpha value is -2.66. The smallest absolute Gasteiger partial charge is 0.337 e. The van der Waals surface area contributed by atoms with Crippen molar-refractivity contribution in [2.75, 3.05) is 19.7 Å². The summed E-state index contributed by atoms with van der Waals surface area (Å²) in [5.74, 6) is -0.591. The van der Waals surface area contributed by atoms with Crippen LogP contribution in [0.3, 0.4) is 0 Å². The Bertz CT molecular complexity index is 768. The standard InChI is InChI=1S/C24H30N2O3/c1-3-5-16-26-19-24(26,23(28)29-4-2)22(27)25(17-20-12-8-6-9-13-20)18-21-14-10-7-11-15-21/h6-15H,3-5,16-19H2,1-2H3. The molecule has 1 heterocycles. The highest BCUT2D eigenvalue weighted by atomic mass is 16.5. The molecule has 2 unspecified atom stereocenters. The number of carbonyl (C=O) groups is 2. The van der Waals surface area contributed by atoms with Crippen molar-refractivity contribution in [2.24, 2.45) is 0 Å². The van der Waals surface area contributed by atoms with E-state index in [4.69, 9.17) is 4.74 Å². The Labute approximate surface area is 173 Å². The molecule has 29 heavy (non-hydrogen) atoms. The summed E-state index contributed by atoms with van der Waals surface area (Å²) in [7, 11) is 0. The van der Waals surface area contributed by atoms with Crippen LogP contribution >= 0.6 is 0 Å². The Kier molecular flexibility index (Phi) is 7.04. The first-order valence-electron chi connectivity index (χ1n) is 10.4. The molecule has 3 rings (SSSR count). The summed E-state index contributed by atoms with van der Waals surface area (Å²) in [6.07, 6.45) is 1.97. The number of hydrogen-bond acceptors (Lipinski definition) is 4. The van der Waals surface area contributed by atoms with Crippen molar-refractivity contribution < 1.29 is 14.3 Å². The molecule has 0 aliphatic carbocycles. The van der Waals surface area contributed by atoms with Gasteiger partial charge in [-0.1, -0.05) is 74.0 Å². The van der Waals surface area contributed by atoms with Crippen molar-refractivity contribution >= 4 is 11.9 Å². The van der Waals surface area contributed by atoms with Gasteiger partial charge in [0.15, 0.2) is 0 Å². The molecular weight excluding hydrogens is 364 g/mol. The third-order valence-corrected chi connectivity index (χ3v) is 5.32. The number of unbranched alkanes of at least 4 members (excludes halogenated alkanes) is 1. The van der Waals surface area contributed by atoms with E-state index in [1.165, 1.54) is 0 Å². The molecular formula is C24H30N2O3. The van der Waals surface area contributed by atoms with Crippen molar-refractivity contribution in [2.45, 2.75) is 45.3 Å². The van der Waals surface area contributed by atoms with E-state index in [1.54, 1.807) is 11.8 Å². The maximum absolute atomic E-state index is 13.7. The van der Waals surface area contributed by atoms with Gasteiger partial charge in [0.25, 0.3) is 5.91 Å². The number of esters is 1. The van der Waals surface area contributed by atoms with Crippen LogP contribution < -0.4 is 0 Å². The van der Waals surface area contributed by atoms with Crippen LogP contribution in [-0.2, 0) is 27.4 Å². The number of ether oxygens (including phenoxy) is 1. The molecule has 2 atom stereocenters. The van der Waals surface area contributed by atoms with Crippen molar-refractivity contribution in [3.8, 4) is 0 Å². The van der Waals surface area contributed by atoms with Crippen LogP contribution in [0.5, 0.6) is 0 Å². The maximum atomic E-state index is 13.7. The van der Waals surface area contributed by atoms with Gasteiger partial charge >= 0.3 is 5.97 Å². The Morgan fingerprint density at radius 2 is 1.52 bits per heavy atom. The van der Waals surface area contributed by atoms with E-state index >= 15 is 0 Å². The molecule has 2 aromatic rings. The first-order chi connectivity index (χ1) is 14.1. The Balaban J connectivity index is 1.87. The summed E-state index contributed by atoms with van der Waals surface area (Å²) in [6.45, 7) is 6.23. The number of nitrogens with zero attached hydrogens (tertiary/aromatic N) is 2. The lowest BCUT2D eigenvalue weighted by atomic mass is 10.1. The molecule has 1 aliphatic heterocycles. The van der Waals surface area contributed by atoms with Gasteiger partial charge in [-0.25, -0.2) is 4.79 Å². The summed E-state index contributed by atoms with van der Waals surface area (Å²) < 4.78 is 5.32. The maximum Gasteiger partial charge on any atom is 0.337 e. The zero-order valence-corrected chi connectivity index (χ0v) is 17.3. The van der Waals surface area contributed by atoms with Gasteiger partial charge in [0.2, 0.25) is 5.54 Å². The lowest BCUT2D eigenvalue weighted by Crippen LogP contribution is -2.49. The van der Waals surface area contributed by atoms with E-state index in [9.17, 15) is 9.59 Å². The molecule has 1 aliphatic rings. The second-order valence-electron chi connectivity index (χ2n) is 7.49. The Morgan fingerprint density at radius 1 is 0.966 bits per heavy atom. The van der Waals surface area contributed by atoms with Gasteiger partial charge in [0.1, 0.15) is 0 Å². The molecule has 5 heteroatoms. The van der Waals surface area contributed by atoms with E-state index in [0.29, 0.717) is 19.6 Å². The van der Waals surface area contributed by atoms with Gasteiger partial charge in [0.05, 0.1) is 6.61 Å². The van der Waals surface area contributed by atoms with Gasteiger partial charge in [0, 0.05) is 19.6 Å². The number of hydrogen-bond donors (Lipinski definition) is 0.